The highest BCUT2D eigenvalue weighted by Gasteiger charge is 2.31. The van der Waals surface area contributed by atoms with Gasteiger partial charge in [0, 0.05) is 34.9 Å². The Kier molecular flexibility index (Phi) is 8.59. The first-order chi connectivity index (χ1) is 22.4. The highest BCUT2D eigenvalue weighted by molar-refractivity contribution is 7.07. The minimum Gasteiger partial charge on any atom is -0.490 e. The summed E-state index contributed by atoms with van der Waals surface area (Å²) >= 11 is 1.26. The summed E-state index contributed by atoms with van der Waals surface area (Å²) in [6.07, 6.45) is 3.38. The van der Waals surface area contributed by atoms with Crippen molar-refractivity contribution in [1.82, 2.24) is 9.13 Å². The fraction of sp³-hybridized carbons (Fsp3) is 0.222. The smallest absolute Gasteiger partial charge is 0.337 e. The third kappa shape index (κ3) is 5.39. The molecule has 1 aliphatic rings. The molecule has 3 aromatic carbocycles. The highest BCUT2D eigenvalue weighted by atomic mass is 32.1. The SMILES string of the molecule is CCOc1ccc([C@@H]2C(C(=O)OC)=CN=c3s/c(=C/c4c(C)n(Cc5ccccc5C#N)c5ccccc45)c(=O)n32)cc1OCC. The second-order valence-electron chi connectivity index (χ2n) is 10.6. The fourth-order valence-corrected chi connectivity index (χ4v) is 6.85. The van der Waals surface area contributed by atoms with Crippen molar-refractivity contribution in [2.45, 2.75) is 33.4 Å². The van der Waals surface area contributed by atoms with Crippen LogP contribution in [0.1, 0.15) is 47.8 Å². The number of rotatable bonds is 9. The van der Waals surface area contributed by atoms with Gasteiger partial charge in [0.25, 0.3) is 5.56 Å². The minimum atomic E-state index is -0.786. The van der Waals surface area contributed by atoms with Crippen molar-refractivity contribution in [2.75, 3.05) is 20.3 Å². The van der Waals surface area contributed by atoms with Crippen molar-refractivity contribution in [1.29, 1.82) is 5.26 Å². The highest BCUT2D eigenvalue weighted by Crippen LogP contribution is 2.35. The molecule has 6 rings (SSSR count). The number of hydrogen-bond donors (Lipinski definition) is 0. The van der Waals surface area contributed by atoms with Crippen LogP contribution >= 0.6 is 11.3 Å². The van der Waals surface area contributed by atoms with E-state index in [1.807, 2.05) is 81.4 Å². The monoisotopic (exact) mass is 632 g/mol. The van der Waals surface area contributed by atoms with Gasteiger partial charge in [-0.05, 0) is 62.2 Å². The predicted molar refractivity (Wildman–Crippen MR) is 177 cm³/mol. The molecular weight excluding hydrogens is 600 g/mol. The first kappa shape index (κ1) is 30.6. The molecule has 1 aliphatic heterocycles. The maximum Gasteiger partial charge on any atom is 0.337 e. The molecule has 0 saturated heterocycles. The summed E-state index contributed by atoms with van der Waals surface area (Å²) in [6, 6.07) is 22.5. The molecule has 1 atom stereocenters. The van der Waals surface area contributed by atoms with Gasteiger partial charge in [0.1, 0.15) is 0 Å². The Morgan fingerprint density at radius 1 is 1.04 bits per heavy atom. The van der Waals surface area contributed by atoms with E-state index in [9.17, 15) is 14.9 Å². The maximum atomic E-state index is 14.3. The van der Waals surface area contributed by atoms with Gasteiger partial charge in [-0.3, -0.25) is 9.36 Å². The number of para-hydroxylation sites is 1. The third-order valence-corrected chi connectivity index (χ3v) is 9.03. The van der Waals surface area contributed by atoms with Crippen molar-refractivity contribution in [3.63, 3.8) is 0 Å². The standard InChI is InChI=1S/C36H32N4O5S/c1-5-44-30-16-15-23(17-31(30)45-6-2)33-28(35(42)43-4)20-38-36-40(33)34(41)32(46-36)18-27-22(3)39(29-14-10-9-13-26(27)29)21-25-12-8-7-11-24(25)19-37/h7-18,20,33H,5-6,21H2,1-4H3/b32-18+/t33-/m1/s1. The van der Waals surface area contributed by atoms with Crippen molar-refractivity contribution < 1.29 is 19.0 Å². The van der Waals surface area contributed by atoms with Crippen LogP contribution in [0.3, 0.4) is 0 Å². The van der Waals surface area contributed by atoms with Crippen LogP contribution in [0.4, 0.5) is 0 Å². The second kappa shape index (κ2) is 12.9. The summed E-state index contributed by atoms with van der Waals surface area (Å²) in [5, 5.41) is 10.7. The summed E-state index contributed by atoms with van der Waals surface area (Å²) in [4.78, 5) is 32.2. The molecule has 232 valence electrons. The number of ether oxygens (including phenoxy) is 3. The van der Waals surface area contributed by atoms with Crippen LogP contribution in [0.5, 0.6) is 11.5 Å². The molecule has 0 amide bonds. The number of thiazole rings is 1. The lowest BCUT2D eigenvalue weighted by Gasteiger charge is -2.23. The Hall–Kier alpha value is -5.40. The lowest BCUT2D eigenvalue weighted by molar-refractivity contribution is -0.136. The van der Waals surface area contributed by atoms with E-state index in [0.717, 1.165) is 27.7 Å². The molecule has 9 nitrogen and oxygen atoms in total. The Morgan fingerprint density at radius 2 is 1.78 bits per heavy atom. The van der Waals surface area contributed by atoms with E-state index >= 15 is 0 Å². The van der Waals surface area contributed by atoms with Gasteiger partial charge < -0.3 is 18.8 Å². The molecule has 0 unspecified atom stereocenters. The van der Waals surface area contributed by atoms with Gasteiger partial charge in [0.2, 0.25) is 0 Å². The van der Waals surface area contributed by atoms with Gasteiger partial charge in [-0.2, -0.15) is 5.26 Å². The molecule has 0 saturated carbocycles. The molecular formula is C36H32N4O5S. The van der Waals surface area contributed by atoms with E-state index in [0.29, 0.717) is 51.7 Å². The number of nitriles is 1. The first-order valence-electron chi connectivity index (χ1n) is 14.9. The quantitative estimate of drug-likeness (QED) is 0.212. The Balaban J connectivity index is 1.52. The maximum absolute atomic E-state index is 14.3. The van der Waals surface area contributed by atoms with Crippen LogP contribution in [-0.4, -0.2) is 35.4 Å². The van der Waals surface area contributed by atoms with Crippen LogP contribution in [0.2, 0.25) is 0 Å². The zero-order valence-corrected chi connectivity index (χ0v) is 26.8. The number of hydrogen-bond acceptors (Lipinski definition) is 8. The van der Waals surface area contributed by atoms with E-state index in [4.69, 9.17) is 14.2 Å². The molecule has 5 aromatic rings. The zero-order valence-electron chi connectivity index (χ0n) is 25.9. The first-order valence-corrected chi connectivity index (χ1v) is 15.8. The van der Waals surface area contributed by atoms with E-state index in [-0.39, 0.29) is 11.1 Å². The molecule has 0 aliphatic carbocycles. The van der Waals surface area contributed by atoms with Crippen molar-refractivity contribution in [3.05, 3.63) is 126 Å². The Labute approximate surface area is 269 Å². The summed E-state index contributed by atoms with van der Waals surface area (Å²) < 4.78 is 20.9. The van der Waals surface area contributed by atoms with Crippen molar-refractivity contribution in [2.24, 2.45) is 4.99 Å². The summed E-state index contributed by atoms with van der Waals surface area (Å²) in [5.41, 5.74) is 5.01. The number of benzene rings is 3. The van der Waals surface area contributed by atoms with Gasteiger partial charge in [0.15, 0.2) is 16.3 Å². The van der Waals surface area contributed by atoms with Crippen LogP contribution in [0.15, 0.2) is 88.3 Å². The summed E-state index contributed by atoms with van der Waals surface area (Å²) in [7, 11) is 1.31. The van der Waals surface area contributed by atoms with Gasteiger partial charge in [-0.15, -0.1) is 0 Å². The number of carbonyl (C=O) groups is 1. The number of esters is 1. The lowest BCUT2D eigenvalue weighted by atomic mass is 9.97. The number of methoxy groups -OCH3 is 1. The van der Waals surface area contributed by atoms with Gasteiger partial charge >= 0.3 is 5.97 Å². The van der Waals surface area contributed by atoms with E-state index in [2.05, 4.69) is 15.6 Å². The van der Waals surface area contributed by atoms with Gasteiger partial charge in [-0.1, -0.05) is 53.8 Å². The number of aromatic nitrogens is 2. The molecule has 46 heavy (non-hydrogen) atoms. The summed E-state index contributed by atoms with van der Waals surface area (Å²) in [5.74, 6) is 0.520. The molecule has 3 heterocycles. The molecule has 0 fully saturated rings. The molecule has 0 spiro atoms. The van der Waals surface area contributed by atoms with Crippen LogP contribution in [0.25, 0.3) is 17.0 Å². The normalized spacial score (nSPS) is 14.3. The second-order valence-corrected chi connectivity index (χ2v) is 11.6. The number of carbonyl (C=O) groups excluding carboxylic acids is 1. The largest absolute Gasteiger partial charge is 0.490 e. The Bertz CT molecular complexity index is 2230. The lowest BCUT2D eigenvalue weighted by Crippen LogP contribution is -2.39. The van der Waals surface area contributed by atoms with E-state index in [1.54, 1.807) is 16.7 Å². The molecule has 0 bridgehead atoms. The zero-order chi connectivity index (χ0) is 32.4. The number of nitrogens with zero attached hydrogens (tertiary/aromatic N) is 4. The predicted octanol–water partition coefficient (Wildman–Crippen LogP) is 5.00. The topological polar surface area (TPSA) is 108 Å². The third-order valence-electron chi connectivity index (χ3n) is 8.03. The van der Waals surface area contributed by atoms with E-state index < -0.39 is 12.0 Å². The van der Waals surface area contributed by atoms with Crippen molar-refractivity contribution >= 4 is 34.3 Å². The number of fused-ring (bicyclic) bond motifs is 2. The van der Waals surface area contributed by atoms with E-state index in [1.165, 1.54) is 24.6 Å². The average Bonchev–Trinajstić information content (AvgIpc) is 3.54. The summed E-state index contributed by atoms with van der Waals surface area (Å²) in [6.45, 7) is 7.18. The van der Waals surface area contributed by atoms with Crippen LogP contribution in [-0.2, 0) is 16.1 Å². The molecule has 2 aromatic heterocycles. The minimum absolute atomic E-state index is 0.233. The molecule has 0 radical (unpaired) electrons. The fourth-order valence-electron chi connectivity index (χ4n) is 5.90. The average molecular weight is 633 g/mol. The van der Waals surface area contributed by atoms with Gasteiger partial charge in [-0.25, -0.2) is 9.79 Å². The molecule has 0 N–H and O–H groups in total. The van der Waals surface area contributed by atoms with Gasteiger partial charge in [0.05, 0.1) is 48.1 Å². The van der Waals surface area contributed by atoms with Crippen LogP contribution in [0, 0.1) is 18.3 Å². The Morgan fingerprint density at radius 3 is 2.54 bits per heavy atom. The van der Waals surface area contributed by atoms with Crippen molar-refractivity contribution in [3.8, 4) is 17.6 Å². The van der Waals surface area contributed by atoms with Crippen LogP contribution < -0.4 is 24.4 Å². The molecule has 10 heteroatoms.